The van der Waals surface area contributed by atoms with Crippen molar-refractivity contribution in [1.82, 2.24) is 4.57 Å². The molecule has 0 unspecified atom stereocenters. The first-order valence-corrected chi connectivity index (χ1v) is 23.3. The second-order valence-electron chi connectivity index (χ2n) is 17.3. The molecule has 0 aliphatic carbocycles. The largest absolute Gasteiger partial charge is 0.311 e. The Morgan fingerprint density at radius 2 is 0.588 bits per heavy atom. The molecule has 0 aliphatic heterocycles. The molecule has 0 radical (unpaired) electrons. The minimum absolute atomic E-state index is 1.09. The van der Waals surface area contributed by atoms with Crippen LogP contribution in [0.2, 0.25) is 0 Å². The van der Waals surface area contributed by atoms with Crippen LogP contribution in [-0.4, -0.2) is 4.57 Å². The molecule has 68 heavy (non-hydrogen) atoms. The summed E-state index contributed by atoms with van der Waals surface area (Å²) in [7, 11) is 0. The number of anilines is 3. The molecular weight excluding hydrogens is 821 g/mol. The van der Waals surface area contributed by atoms with Gasteiger partial charge < -0.3 is 9.47 Å². The summed E-state index contributed by atoms with van der Waals surface area (Å²) in [6, 6.07) is 101. The first-order chi connectivity index (χ1) is 33.7. The van der Waals surface area contributed by atoms with Gasteiger partial charge in [-0.1, -0.05) is 224 Å². The van der Waals surface area contributed by atoms with E-state index < -0.39 is 0 Å². The van der Waals surface area contributed by atoms with Gasteiger partial charge in [0.15, 0.2) is 0 Å². The lowest BCUT2D eigenvalue weighted by atomic mass is 9.92. The minimum atomic E-state index is 1.09. The van der Waals surface area contributed by atoms with E-state index in [0.717, 1.165) is 22.7 Å². The zero-order valence-corrected chi connectivity index (χ0v) is 37.5. The van der Waals surface area contributed by atoms with Crippen LogP contribution in [0.1, 0.15) is 0 Å². The molecule has 11 aromatic carbocycles. The molecule has 12 aromatic rings. The van der Waals surface area contributed by atoms with Crippen molar-refractivity contribution in [2.45, 2.75) is 0 Å². The van der Waals surface area contributed by atoms with Crippen molar-refractivity contribution in [1.29, 1.82) is 0 Å². The van der Waals surface area contributed by atoms with Gasteiger partial charge in [0.25, 0.3) is 0 Å². The van der Waals surface area contributed by atoms with Gasteiger partial charge in [-0.25, -0.2) is 0 Å². The average molecular weight is 867 g/mol. The summed E-state index contributed by atoms with van der Waals surface area (Å²) in [4.78, 5) is 2.34. The van der Waals surface area contributed by atoms with Gasteiger partial charge in [0, 0.05) is 39.1 Å². The summed E-state index contributed by atoms with van der Waals surface area (Å²) in [5.41, 5.74) is 20.0. The van der Waals surface area contributed by atoms with E-state index in [1.54, 1.807) is 0 Å². The van der Waals surface area contributed by atoms with E-state index in [9.17, 15) is 0 Å². The number of hydrogen-bond donors (Lipinski definition) is 0. The number of fused-ring (bicyclic) bond motifs is 3. The Balaban J connectivity index is 0.939. The Hall–Kier alpha value is -8.98. The number of hydrogen-bond acceptors (Lipinski definition) is 1. The molecule has 0 saturated carbocycles. The van der Waals surface area contributed by atoms with Crippen molar-refractivity contribution in [2.75, 3.05) is 4.90 Å². The lowest BCUT2D eigenvalue weighted by molar-refractivity contribution is 1.14. The molecule has 1 aromatic heterocycles. The summed E-state index contributed by atoms with van der Waals surface area (Å²) in [6.45, 7) is 0. The van der Waals surface area contributed by atoms with E-state index in [-0.39, 0.29) is 0 Å². The predicted molar refractivity (Wildman–Crippen MR) is 288 cm³/mol. The number of para-hydroxylation sites is 1. The van der Waals surface area contributed by atoms with Gasteiger partial charge in [-0.2, -0.15) is 0 Å². The van der Waals surface area contributed by atoms with Gasteiger partial charge in [0.05, 0.1) is 11.2 Å². The van der Waals surface area contributed by atoms with Crippen molar-refractivity contribution in [3.63, 3.8) is 0 Å². The highest BCUT2D eigenvalue weighted by atomic mass is 15.1. The van der Waals surface area contributed by atoms with Gasteiger partial charge in [-0.05, 0) is 116 Å². The number of nitrogens with zero attached hydrogens (tertiary/aromatic N) is 2. The Labute approximate surface area is 397 Å². The molecule has 0 bridgehead atoms. The molecule has 0 N–H and O–H groups in total. The van der Waals surface area contributed by atoms with Gasteiger partial charge in [-0.3, -0.25) is 0 Å². The van der Waals surface area contributed by atoms with Crippen LogP contribution in [-0.2, 0) is 0 Å². The monoisotopic (exact) mass is 866 g/mol. The van der Waals surface area contributed by atoms with Crippen molar-refractivity contribution in [3.05, 3.63) is 279 Å². The summed E-state index contributed by atoms with van der Waals surface area (Å²) in [6.07, 6.45) is 0. The SMILES string of the molecule is c1ccc(-c2ccc(N(c3ccc(-c4ccccc4)cc3)c3ccc(-c4ccc(-c5cc6c(-c7ccccc7)c(-c7ccccc7)n(-c7ccccc7)c6c6ccccc56)cc4)cc3)cc2)cc1. The van der Waals surface area contributed by atoms with Crippen LogP contribution in [0.15, 0.2) is 279 Å². The highest BCUT2D eigenvalue weighted by molar-refractivity contribution is 6.20. The average Bonchev–Trinajstić information content (AvgIpc) is 3.78. The molecule has 12 rings (SSSR count). The second-order valence-corrected chi connectivity index (χ2v) is 17.3. The Bertz CT molecular complexity index is 3560. The van der Waals surface area contributed by atoms with Crippen molar-refractivity contribution < 1.29 is 0 Å². The maximum Gasteiger partial charge on any atom is 0.0620 e. The van der Waals surface area contributed by atoms with E-state index in [1.165, 1.54) is 88.6 Å². The number of benzene rings is 11. The fraction of sp³-hybridized carbons (Fsp3) is 0. The quantitative estimate of drug-likeness (QED) is 0.133. The fourth-order valence-electron chi connectivity index (χ4n) is 9.94. The Morgan fingerprint density at radius 1 is 0.250 bits per heavy atom. The third-order valence-electron chi connectivity index (χ3n) is 13.2. The van der Waals surface area contributed by atoms with Crippen molar-refractivity contribution >= 4 is 38.7 Å². The van der Waals surface area contributed by atoms with Crippen molar-refractivity contribution in [3.8, 4) is 72.6 Å². The van der Waals surface area contributed by atoms with Crippen LogP contribution >= 0.6 is 0 Å². The van der Waals surface area contributed by atoms with E-state index >= 15 is 0 Å². The van der Waals surface area contributed by atoms with Gasteiger partial charge in [0.2, 0.25) is 0 Å². The lowest BCUT2D eigenvalue weighted by Gasteiger charge is -2.26. The van der Waals surface area contributed by atoms with Gasteiger partial charge in [-0.15, -0.1) is 0 Å². The third-order valence-corrected chi connectivity index (χ3v) is 13.2. The maximum atomic E-state index is 2.48. The highest BCUT2D eigenvalue weighted by Gasteiger charge is 2.24. The van der Waals surface area contributed by atoms with Gasteiger partial charge in [0.1, 0.15) is 0 Å². The second kappa shape index (κ2) is 17.8. The lowest BCUT2D eigenvalue weighted by Crippen LogP contribution is -2.09. The topological polar surface area (TPSA) is 8.17 Å². The zero-order chi connectivity index (χ0) is 45.2. The van der Waals surface area contributed by atoms with Crippen LogP contribution in [0, 0.1) is 0 Å². The van der Waals surface area contributed by atoms with Crippen LogP contribution in [0.4, 0.5) is 17.1 Å². The van der Waals surface area contributed by atoms with Crippen molar-refractivity contribution in [2.24, 2.45) is 0 Å². The summed E-state index contributed by atoms with van der Waals surface area (Å²) in [5, 5.41) is 3.66. The molecule has 1 heterocycles. The summed E-state index contributed by atoms with van der Waals surface area (Å²) in [5.74, 6) is 0. The molecule has 0 spiro atoms. The van der Waals surface area contributed by atoms with Crippen LogP contribution in [0.25, 0.3) is 94.3 Å². The zero-order valence-electron chi connectivity index (χ0n) is 37.5. The molecule has 320 valence electrons. The van der Waals surface area contributed by atoms with Crippen LogP contribution in [0.3, 0.4) is 0 Å². The minimum Gasteiger partial charge on any atom is -0.311 e. The van der Waals surface area contributed by atoms with Crippen LogP contribution < -0.4 is 4.90 Å². The predicted octanol–water partition coefficient (Wildman–Crippen LogP) is 18.3. The molecule has 0 aliphatic rings. The fourth-order valence-corrected chi connectivity index (χ4v) is 9.94. The normalized spacial score (nSPS) is 11.2. The smallest absolute Gasteiger partial charge is 0.0620 e. The van der Waals surface area contributed by atoms with E-state index in [4.69, 9.17) is 0 Å². The van der Waals surface area contributed by atoms with E-state index in [1.807, 2.05) is 0 Å². The molecule has 2 heteroatoms. The van der Waals surface area contributed by atoms with Gasteiger partial charge >= 0.3 is 0 Å². The first-order valence-electron chi connectivity index (χ1n) is 23.3. The Morgan fingerprint density at radius 3 is 1.04 bits per heavy atom. The van der Waals surface area contributed by atoms with Crippen LogP contribution in [0.5, 0.6) is 0 Å². The highest BCUT2D eigenvalue weighted by Crippen LogP contribution is 2.48. The molecule has 0 amide bonds. The molecule has 0 saturated heterocycles. The molecule has 0 fully saturated rings. The summed E-state index contributed by atoms with van der Waals surface area (Å²) < 4.78 is 2.48. The van der Waals surface area contributed by atoms with E-state index in [2.05, 4.69) is 289 Å². The number of rotatable bonds is 10. The first kappa shape index (κ1) is 40.5. The standard InChI is InChI=1S/C66H46N2/c1-6-18-47(19-7-1)50-34-40-57(41-35-50)67(58-42-36-51(37-43-58)48-20-8-2-9-21-48)59-44-38-52(39-45-59)49-30-32-53(33-31-49)62-46-63-64(54-22-10-3-11-23-54)65(55-24-12-4-13-25-55)68(56-26-14-5-15-27-56)66(63)61-29-17-16-28-60(61)62/h1-46H. The maximum absolute atomic E-state index is 2.48. The molecule has 0 atom stereocenters. The number of aromatic nitrogens is 1. The third kappa shape index (κ3) is 7.54. The Kier molecular flexibility index (Phi) is 10.6. The molecule has 2 nitrogen and oxygen atoms in total. The summed E-state index contributed by atoms with van der Waals surface area (Å²) >= 11 is 0. The molecular formula is C66H46N2. The van der Waals surface area contributed by atoms with E-state index in [0.29, 0.717) is 0 Å².